The SMILES string of the molecule is CN(C)c1ccc(/C=C2\CCC[C@@H]3C2=NN(C(=O)CSc2ccc(Cl)cc2)[C@@H]3c2ccc(N(C)C)cc2)cc1. The Morgan fingerprint density at radius 2 is 1.56 bits per heavy atom. The number of rotatable bonds is 7. The third-order valence-electron chi connectivity index (χ3n) is 7.43. The molecule has 1 amide bonds. The summed E-state index contributed by atoms with van der Waals surface area (Å²) in [7, 11) is 8.18. The number of nitrogens with zero attached hydrogens (tertiary/aromatic N) is 4. The van der Waals surface area contributed by atoms with Gasteiger partial charge in [-0.2, -0.15) is 5.10 Å². The highest BCUT2D eigenvalue weighted by atomic mass is 35.5. The molecule has 0 spiro atoms. The van der Waals surface area contributed by atoms with Crippen molar-refractivity contribution in [2.24, 2.45) is 11.0 Å². The van der Waals surface area contributed by atoms with Crippen LogP contribution in [0.3, 0.4) is 0 Å². The van der Waals surface area contributed by atoms with E-state index >= 15 is 0 Å². The average molecular weight is 559 g/mol. The van der Waals surface area contributed by atoms with Gasteiger partial charge < -0.3 is 9.80 Å². The van der Waals surface area contributed by atoms with Gasteiger partial charge in [0, 0.05) is 55.4 Å². The lowest BCUT2D eigenvalue weighted by Crippen LogP contribution is -2.32. The van der Waals surface area contributed by atoms with Crippen molar-refractivity contribution in [2.75, 3.05) is 43.7 Å². The summed E-state index contributed by atoms with van der Waals surface area (Å²) in [5.41, 5.74) is 6.90. The molecular weight excluding hydrogens is 524 g/mol. The molecule has 0 radical (unpaired) electrons. The second-order valence-corrected chi connectivity index (χ2v) is 12.0. The lowest BCUT2D eigenvalue weighted by Gasteiger charge is -2.30. The van der Waals surface area contributed by atoms with Gasteiger partial charge in [0.1, 0.15) is 0 Å². The predicted molar refractivity (Wildman–Crippen MR) is 166 cm³/mol. The van der Waals surface area contributed by atoms with E-state index in [2.05, 4.69) is 78.5 Å². The van der Waals surface area contributed by atoms with Crippen molar-refractivity contribution in [3.8, 4) is 0 Å². The number of thioether (sulfide) groups is 1. The van der Waals surface area contributed by atoms with E-state index in [0.29, 0.717) is 10.8 Å². The Kier molecular flexibility index (Phi) is 8.34. The Morgan fingerprint density at radius 1 is 0.949 bits per heavy atom. The number of amides is 1. The molecule has 1 fully saturated rings. The summed E-state index contributed by atoms with van der Waals surface area (Å²) in [5.74, 6) is 0.525. The zero-order valence-electron chi connectivity index (χ0n) is 23.0. The maximum atomic E-state index is 13.7. The predicted octanol–water partition coefficient (Wildman–Crippen LogP) is 7.39. The summed E-state index contributed by atoms with van der Waals surface area (Å²) in [4.78, 5) is 18.9. The number of halogens is 1. The van der Waals surface area contributed by atoms with Crippen LogP contribution in [0.4, 0.5) is 11.4 Å². The van der Waals surface area contributed by atoms with Crippen molar-refractivity contribution in [2.45, 2.75) is 30.2 Å². The maximum Gasteiger partial charge on any atom is 0.253 e. The molecule has 202 valence electrons. The van der Waals surface area contributed by atoms with Gasteiger partial charge in [0.2, 0.25) is 0 Å². The zero-order chi connectivity index (χ0) is 27.5. The van der Waals surface area contributed by atoms with Crippen LogP contribution in [0.5, 0.6) is 0 Å². The molecular formula is C32H35ClN4OS. The van der Waals surface area contributed by atoms with Gasteiger partial charge >= 0.3 is 0 Å². The summed E-state index contributed by atoms with van der Waals surface area (Å²) in [6, 6.07) is 24.7. The molecule has 2 aliphatic rings. The summed E-state index contributed by atoms with van der Waals surface area (Å²) < 4.78 is 0. The Balaban J connectivity index is 1.45. The van der Waals surface area contributed by atoms with Crippen LogP contribution in [0, 0.1) is 5.92 Å². The van der Waals surface area contributed by atoms with Crippen LogP contribution in [0.1, 0.15) is 36.4 Å². The monoisotopic (exact) mass is 558 g/mol. The number of carbonyl (C=O) groups is 1. The molecule has 2 atom stereocenters. The van der Waals surface area contributed by atoms with E-state index in [1.165, 1.54) is 23.0 Å². The Morgan fingerprint density at radius 3 is 2.18 bits per heavy atom. The molecule has 0 N–H and O–H groups in total. The van der Waals surface area contributed by atoms with Crippen molar-refractivity contribution in [3.05, 3.63) is 94.5 Å². The topological polar surface area (TPSA) is 39.1 Å². The molecule has 1 heterocycles. The van der Waals surface area contributed by atoms with Gasteiger partial charge in [0.25, 0.3) is 5.91 Å². The summed E-state index contributed by atoms with van der Waals surface area (Å²) in [6.07, 6.45) is 5.33. The minimum Gasteiger partial charge on any atom is -0.378 e. The summed E-state index contributed by atoms with van der Waals surface area (Å²) in [6.45, 7) is 0. The molecule has 5 nitrogen and oxygen atoms in total. The van der Waals surface area contributed by atoms with E-state index < -0.39 is 0 Å². The quantitative estimate of drug-likeness (QED) is 0.283. The van der Waals surface area contributed by atoms with Crippen LogP contribution >= 0.6 is 23.4 Å². The summed E-state index contributed by atoms with van der Waals surface area (Å²) in [5, 5.41) is 7.51. The standard InChI is InChI=1S/C32H35ClN4OS/c1-35(2)26-14-8-22(9-15-26)20-24-6-5-7-29-31(24)34-37(30(38)21-39-28-18-12-25(33)13-19-28)32(29)23-10-16-27(17-11-23)36(3)4/h8-20,29,32H,5-7,21H2,1-4H3/b24-20+/t29-,32-/m1/s1. The first-order valence-electron chi connectivity index (χ1n) is 13.3. The van der Waals surface area contributed by atoms with Crippen LogP contribution < -0.4 is 9.80 Å². The number of benzene rings is 3. The molecule has 1 aliphatic carbocycles. The van der Waals surface area contributed by atoms with Crippen LogP contribution in [-0.2, 0) is 4.79 Å². The van der Waals surface area contributed by atoms with Crippen molar-refractivity contribution in [1.29, 1.82) is 0 Å². The molecule has 7 heteroatoms. The highest BCUT2D eigenvalue weighted by Crippen LogP contribution is 2.45. The fraction of sp³-hybridized carbons (Fsp3) is 0.312. The highest BCUT2D eigenvalue weighted by molar-refractivity contribution is 8.00. The Hall–Kier alpha value is -3.22. The fourth-order valence-electron chi connectivity index (χ4n) is 5.32. The van der Waals surface area contributed by atoms with Crippen LogP contribution in [0.15, 0.2) is 88.4 Å². The number of anilines is 2. The van der Waals surface area contributed by atoms with Crippen molar-refractivity contribution < 1.29 is 4.79 Å². The van der Waals surface area contributed by atoms with Gasteiger partial charge in [-0.15, -0.1) is 11.8 Å². The van der Waals surface area contributed by atoms with Crippen LogP contribution in [-0.4, -0.2) is 50.6 Å². The molecule has 39 heavy (non-hydrogen) atoms. The first-order chi connectivity index (χ1) is 18.8. The van der Waals surface area contributed by atoms with Crippen molar-refractivity contribution >= 4 is 52.4 Å². The molecule has 3 aromatic rings. The first kappa shape index (κ1) is 27.4. The molecule has 0 bridgehead atoms. The van der Waals surface area contributed by atoms with E-state index in [1.807, 2.05) is 38.4 Å². The minimum absolute atomic E-state index is 0.0215. The van der Waals surface area contributed by atoms with Gasteiger partial charge in [-0.25, -0.2) is 5.01 Å². The molecule has 1 aliphatic heterocycles. The van der Waals surface area contributed by atoms with Gasteiger partial charge in [0.05, 0.1) is 17.5 Å². The van der Waals surface area contributed by atoms with E-state index in [4.69, 9.17) is 16.7 Å². The smallest absolute Gasteiger partial charge is 0.253 e. The number of hydrazone groups is 1. The second-order valence-electron chi connectivity index (χ2n) is 10.6. The van der Waals surface area contributed by atoms with Crippen molar-refractivity contribution in [1.82, 2.24) is 5.01 Å². The Bertz CT molecular complexity index is 1360. The first-order valence-corrected chi connectivity index (χ1v) is 14.7. The number of hydrogen-bond donors (Lipinski definition) is 0. The van der Waals surface area contributed by atoms with E-state index in [-0.39, 0.29) is 17.9 Å². The molecule has 3 aromatic carbocycles. The second kappa shape index (κ2) is 11.9. The van der Waals surface area contributed by atoms with Crippen molar-refractivity contribution in [3.63, 3.8) is 0 Å². The molecule has 0 aromatic heterocycles. The highest BCUT2D eigenvalue weighted by Gasteiger charge is 2.43. The van der Waals surface area contributed by atoms with Gasteiger partial charge in [0.15, 0.2) is 0 Å². The zero-order valence-corrected chi connectivity index (χ0v) is 24.5. The third-order valence-corrected chi connectivity index (χ3v) is 8.68. The van der Waals surface area contributed by atoms with Gasteiger partial charge in [-0.1, -0.05) is 35.9 Å². The minimum atomic E-state index is -0.102. The number of hydrogen-bond acceptors (Lipinski definition) is 5. The summed E-state index contributed by atoms with van der Waals surface area (Å²) >= 11 is 7.57. The lowest BCUT2D eigenvalue weighted by atomic mass is 9.77. The Labute approximate surface area is 241 Å². The lowest BCUT2D eigenvalue weighted by molar-refractivity contribution is -0.130. The normalized spacial score (nSPS) is 19.6. The van der Waals surface area contributed by atoms with E-state index in [1.54, 1.807) is 5.01 Å². The van der Waals surface area contributed by atoms with E-state index in [9.17, 15) is 4.79 Å². The molecule has 5 rings (SSSR count). The van der Waals surface area contributed by atoms with Crippen LogP contribution in [0.2, 0.25) is 5.02 Å². The number of allylic oxidation sites excluding steroid dienone is 1. The third kappa shape index (κ3) is 6.18. The molecule has 0 unspecified atom stereocenters. The fourth-order valence-corrected chi connectivity index (χ4v) is 6.20. The van der Waals surface area contributed by atoms with Gasteiger partial charge in [-0.05, 0) is 90.6 Å². The maximum absolute atomic E-state index is 13.7. The molecule has 0 saturated heterocycles. The number of fused-ring (bicyclic) bond motifs is 1. The largest absolute Gasteiger partial charge is 0.378 e. The van der Waals surface area contributed by atoms with Gasteiger partial charge in [-0.3, -0.25) is 4.79 Å². The van der Waals surface area contributed by atoms with Crippen LogP contribution in [0.25, 0.3) is 6.08 Å². The average Bonchev–Trinajstić information content (AvgIpc) is 3.34. The van der Waals surface area contributed by atoms with E-state index in [0.717, 1.165) is 46.7 Å². The number of carbonyl (C=O) groups excluding carboxylic acids is 1. The molecule has 1 saturated carbocycles.